The smallest absolute Gasteiger partial charge is 0.0362 e. The first-order chi connectivity index (χ1) is 9.29. The second-order valence-corrected chi connectivity index (χ2v) is 5.14. The standard InChI is InChI=1S/C17H20N2/c1-2-19-11-10-15-14(13-6-4-3-5-7-13)8-9-17(18)16(15)12-19/h3-9H,2,10-12,18H2,1H3. The summed E-state index contributed by atoms with van der Waals surface area (Å²) in [5, 5.41) is 0. The van der Waals surface area contributed by atoms with E-state index in [1.807, 2.05) is 0 Å². The summed E-state index contributed by atoms with van der Waals surface area (Å²) in [7, 11) is 0. The molecule has 1 heterocycles. The van der Waals surface area contributed by atoms with Crippen molar-refractivity contribution in [2.75, 3.05) is 18.8 Å². The van der Waals surface area contributed by atoms with Gasteiger partial charge < -0.3 is 5.73 Å². The van der Waals surface area contributed by atoms with Crippen molar-refractivity contribution in [2.45, 2.75) is 19.9 Å². The number of benzene rings is 2. The maximum Gasteiger partial charge on any atom is 0.0362 e. The van der Waals surface area contributed by atoms with Gasteiger partial charge in [-0.25, -0.2) is 0 Å². The molecule has 2 aromatic rings. The van der Waals surface area contributed by atoms with Crippen LogP contribution in [0.3, 0.4) is 0 Å². The molecular formula is C17H20N2. The molecule has 0 atom stereocenters. The van der Waals surface area contributed by atoms with Crippen molar-refractivity contribution in [3.8, 4) is 11.1 Å². The summed E-state index contributed by atoms with van der Waals surface area (Å²) in [4.78, 5) is 2.45. The van der Waals surface area contributed by atoms with E-state index in [9.17, 15) is 0 Å². The Morgan fingerprint density at radius 1 is 1.05 bits per heavy atom. The summed E-state index contributed by atoms with van der Waals surface area (Å²) < 4.78 is 0. The van der Waals surface area contributed by atoms with E-state index in [1.54, 1.807) is 0 Å². The number of nitrogens with two attached hydrogens (primary N) is 1. The van der Waals surface area contributed by atoms with Crippen molar-refractivity contribution >= 4 is 5.69 Å². The largest absolute Gasteiger partial charge is 0.398 e. The van der Waals surface area contributed by atoms with E-state index in [0.717, 1.165) is 31.7 Å². The van der Waals surface area contributed by atoms with Crippen molar-refractivity contribution in [3.05, 3.63) is 53.6 Å². The van der Waals surface area contributed by atoms with Crippen LogP contribution in [0.1, 0.15) is 18.1 Å². The third kappa shape index (κ3) is 2.24. The van der Waals surface area contributed by atoms with Gasteiger partial charge in [-0.1, -0.05) is 43.3 Å². The van der Waals surface area contributed by atoms with Gasteiger partial charge in [0.25, 0.3) is 0 Å². The molecule has 0 saturated carbocycles. The highest BCUT2D eigenvalue weighted by molar-refractivity contribution is 5.73. The lowest BCUT2D eigenvalue weighted by Gasteiger charge is -2.30. The second kappa shape index (κ2) is 5.06. The van der Waals surface area contributed by atoms with E-state index in [4.69, 9.17) is 5.73 Å². The molecule has 98 valence electrons. The molecule has 1 aliphatic rings. The molecule has 0 spiro atoms. The van der Waals surface area contributed by atoms with Gasteiger partial charge in [-0.3, -0.25) is 4.90 Å². The molecule has 0 fully saturated rings. The Hall–Kier alpha value is -1.80. The van der Waals surface area contributed by atoms with Gasteiger partial charge in [0.05, 0.1) is 0 Å². The van der Waals surface area contributed by atoms with E-state index in [2.05, 4.69) is 54.3 Å². The van der Waals surface area contributed by atoms with Crippen LogP contribution >= 0.6 is 0 Å². The van der Waals surface area contributed by atoms with Crippen LogP contribution in [-0.2, 0) is 13.0 Å². The third-order valence-corrected chi connectivity index (χ3v) is 4.06. The Morgan fingerprint density at radius 2 is 1.84 bits per heavy atom. The fraction of sp³-hybridized carbons (Fsp3) is 0.294. The number of hydrogen-bond acceptors (Lipinski definition) is 2. The van der Waals surface area contributed by atoms with Crippen LogP contribution in [0, 0.1) is 0 Å². The highest BCUT2D eigenvalue weighted by atomic mass is 15.1. The fourth-order valence-electron chi connectivity index (χ4n) is 2.91. The second-order valence-electron chi connectivity index (χ2n) is 5.14. The third-order valence-electron chi connectivity index (χ3n) is 4.06. The van der Waals surface area contributed by atoms with Crippen LogP contribution in [0.2, 0.25) is 0 Å². The van der Waals surface area contributed by atoms with Crippen molar-refractivity contribution in [3.63, 3.8) is 0 Å². The molecule has 3 rings (SSSR count). The molecule has 0 amide bonds. The molecule has 0 aliphatic carbocycles. The summed E-state index contributed by atoms with van der Waals surface area (Å²) in [6.07, 6.45) is 1.10. The lowest BCUT2D eigenvalue weighted by Crippen LogP contribution is -2.31. The zero-order valence-corrected chi connectivity index (χ0v) is 11.4. The SMILES string of the molecule is CCN1CCc2c(-c3ccccc3)ccc(N)c2C1. The predicted molar refractivity (Wildman–Crippen MR) is 80.9 cm³/mol. The zero-order chi connectivity index (χ0) is 13.2. The minimum atomic E-state index is 0.938. The van der Waals surface area contributed by atoms with Crippen molar-refractivity contribution in [1.29, 1.82) is 0 Å². The maximum atomic E-state index is 6.18. The Labute approximate surface area is 114 Å². The normalized spacial score (nSPS) is 15.2. The number of rotatable bonds is 2. The van der Waals surface area contributed by atoms with Crippen molar-refractivity contribution in [2.24, 2.45) is 0 Å². The van der Waals surface area contributed by atoms with Gasteiger partial charge in [0.15, 0.2) is 0 Å². The van der Waals surface area contributed by atoms with Gasteiger partial charge >= 0.3 is 0 Å². The fourth-order valence-corrected chi connectivity index (χ4v) is 2.91. The first kappa shape index (κ1) is 12.2. The number of anilines is 1. The molecule has 2 aromatic carbocycles. The molecular weight excluding hydrogens is 232 g/mol. The number of fused-ring (bicyclic) bond motifs is 1. The molecule has 0 saturated heterocycles. The molecule has 2 heteroatoms. The van der Waals surface area contributed by atoms with Gasteiger partial charge in [-0.2, -0.15) is 0 Å². The summed E-state index contributed by atoms with van der Waals surface area (Å²) in [5.41, 5.74) is 12.5. The van der Waals surface area contributed by atoms with Crippen molar-refractivity contribution in [1.82, 2.24) is 4.90 Å². The van der Waals surface area contributed by atoms with E-state index in [-0.39, 0.29) is 0 Å². The van der Waals surface area contributed by atoms with Crippen molar-refractivity contribution < 1.29 is 0 Å². The highest BCUT2D eigenvalue weighted by Gasteiger charge is 2.20. The van der Waals surface area contributed by atoms with Gasteiger partial charge in [0, 0.05) is 18.8 Å². The lowest BCUT2D eigenvalue weighted by atomic mass is 9.89. The Morgan fingerprint density at radius 3 is 2.58 bits per heavy atom. The molecule has 1 aliphatic heterocycles. The van der Waals surface area contributed by atoms with Gasteiger partial charge in [0.1, 0.15) is 0 Å². The molecule has 0 bridgehead atoms. The first-order valence-corrected chi connectivity index (χ1v) is 6.97. The Balaban J connectivity index is 2.09. The van der Waals surface area contributed by atoms with Gasteiger partial charge in [-0.05, 0) is 41.3 Å². The topological polar surface area (TPSA) is 29.3 Å². The minimum absolute atomic E-state index is 0.938. The van der Waals surface area contributed by atoms with Crippen LogP contribution in [0.25, 0.3) is 11.1 Å². The molecule has 0 radical (unpaired) electrons. The Bertz CT molecular complexity index is 575. The average molecular weight is 252 g/mol. The first-order valence-electron chi connectivity index (χ1n) is 6.97. The van der Waals surface area contributed by atoms with Gasteiger partial charge in [-0.15, -0.1) is 0 Å². The lowest BCUT2D eigenvalue weighted by molar-refractivity contribution is 0.269. The average Bonchev–Trinajstić information content (AvgIpc) is 2.48. The molecule has 2 nitrogen and oxygen atoms in total. The quantitative estimate of drug-likeness (QED) is 0.831. The number of nitrogen functional groups attached to an aromatic ring is 1. The minimum Gasteiger partial charge on any atom is -0.398 e. The van der Waals surface area contributed by atoms with Gasteiger partial charge in [0.2, 0.25) is 0 Å². The van der Waals surface area contributed by atoms with E-state index >= 15 is 0 Å². The summed E-state index contributed by atoms with van der Waals surface area (Å²) in [6, 6.07) is 14.8. The van der Waals surface area contributed by atoms with Crippen LogP contribution in [0.15, 0.2) is 42.5 Å². The van der Waals surface area contributed by atoms with Crippen LogP contribution in [0.4, 0.5) is 5.69 Å². The van der Waals surface area contributed by atoms with E-state index < -0.39 is 0 Å². The molecule has 19 heavy (non-hydrogen) atoms. The maximum absolute atomic E-state index is 6.18. The number of nitrogens with zero attached hydrogens (tertiary/aromatic N) is 1. The zero-order valence-electron chi connectivity index (χ0n) is 11.4. The number of hydrogen-bond donors (Lipinski definition) is 1. The molecule has 0 aromatic heterocycles. The molecule has 0 unspecified atom stereocenters. The highest BCUT2D eigenvalue weighted by Crippen LogP contribution is 2.33. The number of likely N-dealkylation sites (N-methyl/N-ethyl adjacent to an activating group) is 1. The van der Waals surface area contributed by atoms with E-state index in [0.29, 0.717) is 0 Å². The van der Waals surface area contributed by atoms with E-state index in [1.165, 1.54) is 22.3 Å². The monoisotopic (exact) mass is 252 g/mol. The Kier molecular flexibility index (Phi) is 3.26. The van der Waals surface area contributed by atoms with Crippen LogP contribution in [-0.4, -0.2) is 18.0 Å². The summed E-state index contributed by atoms with van der Waals surface area (Å²) in [5.74, 6) is 0. The summed E-state index contributed by atoms with van der Waals surface area (Å²) >= 11 is 0. The van der Waals surface area contributed by atoms with Crippen LogP contribution < -0.4 is 5.73 Å². The van der Waals surface area contributed by atoms with Crippen LogP contribution in [0.5, 0.6) is 0 Å². The predicted octanol–water partition coefficient (Wildman–Crippen LogP) is 3.31. The molecule has 2 N–H and O–H groups in total. The summed E-state index contributed by atoms with van der Waals surface area (Å²) in [6.45, 7) is 5.42.